The second kappa shape index (κ2) is 17.8. The van der Waals surface area contributed by atoms with Crippen LogP contribution in [0.2, 0.25) is 10.0 Å². The van der Waals surface area contributed by atoms with Gasteiger partial charge in [-0.05, 0) is 58.4 Å². The Morgan fingerprint density at radius 1 is 1.16 bits per heavy atom. The van der Waals surface area contributed by atoms with Crippen molar-refractivity contribution in [1.29, 1.82) is 0 Å². The van der Waals surface area contributed by atoms with Crippen molar-refractivity contribution in [3.8, 4) is 0 Å². The molecule has 1 aromatic heterocycles. The quantitative estimate of drug-likeness (QED) is 0.242. The Labute approximate surface area is 240 Å². The summed E-state index contributed by atoms with van der Waals surface area (Å²) in [6.07, 6.45) is 1.44. The molecular formula is C28H39Cl2N3O4S. The molecule has 0 spiro atoms. The van der Waals surface area contributed by atoms with Gasteiger partial charge in [-0.15, -0.1) is 0 Å². The third-order valence-corrected chi connectivity index (χ3v) is 6.50. The molecule has 1 heterocycles. The normalized spacial score (nSPS) is 11.4. The van der Waals surface area contributed by atoms with Gasteiger partial charge in [0.05, 0.1) is 11.0 Å². The zero-order valence-corrected chi connectivity index (χ0v) is 25.4. The lowest BCUT2D eigenvalue weighted by Gasteiger charge is -2.25. The Bertz CT molecular complexity index is 1100. The molecule has 0 saturated carbocycles. The molecule has 4 N–H and O–H groups in total. The lowest BCUT2D eigenvalue weighted by molar-refractivity contribution is -0.147. The van der Waals surface area contributed by atoms with Crippen molar-refractivity contribution in [3.05, 3.63) is 68.5 Å². The molecule has 0 saturated heterocycles. The van der Waals surface area contributed by atoms with E-state index in [2.05, 4.69) is 10.3 Å². The van der Waals surface area contributed by atoms with Gasteiger partial charge in [-0.2, -0.15) is 0 Å². The lowest BCUT2D eigenvalue weighted by Crippen LogP contribution is -2.23. The highest BCUT2D eigenvalue weighted by molar-refractivity contribution is 7.16. The monoisotopic (exact) mass is 583 g/mol. The summed E-state index contributed by atoms with van der Waals surface area (Å²) in [7, 11) is 0. The molecule has 1 atom stereocenters. The number of nitrogens with one attached hydrogen (secondary N) is 1. The smallest absolute Gasteiger partial charge is 0.306 e. The molecule has 2 aromatic carbocycles. The molecule has 0 fully saturated rings. The molecule has 10 heteroatoms. The molecule has 0 radical (unpaired) electrons. The summed E-state index contributed by atoms with van der Waals surface area (Å²) in [4.78, 5) is 23.4. The van der Waals surface area contributed by atoms with Crippen LogP contribution >= 0.6 is 34.5 Å². The average Bonchev–Trinajstić information content (AvgIpc) is 3.24. The fraction of sp³-hybridized carbons (Fsp3) is 0.393. The number of nitrogens with zero attached hydrogens (tertiary/aromatic N) is 1. The second-order valence-corrected chi connectivity index (χ2v) is 10.00. The minimum absolute atomic E-state index is 0.0315. The van der Waals surface area contributed by atoms with E-state index in [9.17, 15) is 9.90 Å². The highest BCUT2D eigenvalue weighted by Gasteiger charge is 2.35. The van der Waals surface area contributed by atoms with E-state index in [1.54, 1.807) is 25.1 Å². The van der Waals surface area contributed by atoms with Crippen LogP contribution in [-0.2, 0) is 19.9 Å². The number of carbonyl (C=O) groups is 2. The van der Waals surface area contributed by atoms with Gasteiger partial charge in [0.15, 0.2) is 5.13 Å². The topological polar surface area (TPSA) is 115 Å². The van der Waals surface area contributed by atoms with E-state index < -0.39 is 5.60 Å². The maximum atomic E-state index is 11.1. The molecule has 1 unspecified atom stereocenters. The van der Waals surface area contributed by atoms with Gasteiger partial charge in [0.1, 0.15) is 18.2 Å². The molecule has 0 aliphatic rings. The molecule has 0 bridgehead atoms. The first-order valence-corrected chi connectivity index (χ1v) is 13.8. The van der Waals surface area contributed by atoms with Crippen molar-refractivity contribution in [2.45, 2.75) is 73.0 Å². The number of benzene rings is 2. The number of hydrogen-bond donors (Lipinski definition) is 3. The fourth-order valence-corrected chi connectivity index (χ4v) is 4.82. The Kier molecular flexibility index (Phi) is 16.5. The van der Waals surface area contributed by atoms with Crippen molar-refractivity contribution in [1.82, 2.24) is 4.98 Å². The SMILES string of the molecule is C=O.CC.CCCC(=O)OC(C)C.Cc1ccc(Nc2nc(N)c(C(C)(O)c3c(Cl)cccc3Cl)s2)cc1. The van der Waals surface area contributed by atoms with E-state index in [4.69, 9.17) is 38.5 Å². The number of halogens is 2. The third kappa shape index (κ3) is 11.0. The van der Waals surface area contributed by atoms with E-state index >= 15 is 0 Å². The van der Waals surface area contributed by atoms with E-state index in [-0.39, 0.29) is 17.9 Å². The molecule has 210 valence electrons. The Balaban J connectivity index is 0.000000891. The van der Waals surface area contributed by atoms with Crippen molar-refractivity contribution >= 4 is 63.9 Å². The highest BCUT2D eigenvalue weighted by atomic mass is 35.5. The zero-order valence-electron chi connectivity index (χ0n) is 23.1. The molecular weight excluding hydrogens is 545 g/mol. The highest BCUT2D eigenvalue weighted by Crippen LogP contribution is 2.44. The predicted octanol–water partition coefficient (Wildman–Crippen LogP) is 7.92. The van der Waals surface area contributed by atoms with E-state index in [1.165, 1.54) is 16.9 Å². The van der Waals surface area contributed by atoms with Crippen LogP contribution in [0.4, 0.5) is 16.6 Å². The predicted molar refractivity (Wildman–Crippen MR) is 161 cm³/mol. The number of esters is 1. The van der Waals surface area contributed by atoms with Crippen LogP contribution in [0.3, 0.4) is 0 Å². The molecule has 7 nitrogen and oxygen atoms in total. The summed E-state index contributed by atoms with van der Waals surface area (Å²) in [6, 6.07) is 13.0. The van der Waals surface area contributed by atoms with Crippen molar-refractivity contribution in [2.24, 2.45) is 0 Å². The Morgan fingerprint density at radius 3 is 2.16 bits per heavy atom. The van der Waals surface area contributed by atoms with Gasteiger partial charge in [0.2, 0.25) is 0 Å². The third-order valence-electron chi connectivity index (χ3n) is 4.67. The number of anilines is 3. The number of rotatable bonds is 7. The van der Waals surface area contributed by atoms with Gasteiger partial charge in [0, 0.05) is 27.7 Å². The Morgan fingerprint density at radius 2 is 1.68 bits per heavy atom. The maximum Gasteiger partial charge on any atom is 0.306 e. The van der Waals surface area contributed by atoms with Crippen molar-refractivity contribution in [2.75, 3.05) is 11.1 Å². The van der Waals surface area contributed by atoms with E-state index in [0.29, 0.717) is 32.0 Å². The first kappa shape index (κ1) is 35.4. The van der Waals surface area contributed by atoms with Crippen LogP contribution in [0.15, 0.2) is 42.5 Å². The van der Waals surface area contributed by atoms with E-state index in [1.807, 2.05) is 72.6 Å². The van der Waals surface area contributed by atoms with Crippen LogP contribution in [0.25, 0.3) is 0 Å². The summed E-state index contributed by atoms with van der Waals surface area (Å²) >= 11 is 13.8. The van der Waals surface area contributed by atoms with Crippen LogP contribution in [0.1, 0.15) is 70.4 Å². The molecule has 3 aromatic rings. The largest absolute Gasteiger partial charge is 0.463 e. The van der Waals surface area contributed by atoms with Gasteiger partial charge >= 0.3 is 5.97 Å². The number of nitrogen functional groups attached to an aromatic ring is 1. The van der Waals surface area contributed by atoms with Gasteiger partial charge in [0.25, 0.3) is 0 Å². The van der Waals surface area contributed by atoms with Gasteiger partial charge in [-0.1, -0.05) is 79.1 Å². The summed E-state index contributed by atoms with van der Waals surface area (Å²) in [5, 5.41) is 15.6. The number of carbonyl (C=O) groups excluding carboxylic acids is 2. The van der Waals surface area contributed by atoms with Gasteiger partial charge in [-0.3, -0.25) is 4.79 Å². The number of nitrogens with two attached hydrogens (primary N) is 1. The number of ether oxygens (including phenoxy) is 1. The van der Waals surface area contributed by atoms with Crippen LogP contribution in [0.5, 0.6) is 0 Å². The summed E-state index contributed by atoms with van der Waals surface area (Å²) in [6.45, 7) is 15.3. The fourth-order valence-electron chi connectivity index (χ4n) is 3.10. The van der Waals surface area contributed by atoms with Crippen molar-refractivity contribution < 1.29 is 19.4 Å². The molecule has 0 aliphatic carbocycles. The summed E-state index contributed by atoms with van der Waals surface area (Å²) in [5.74, 6) is 0.146. The molecule has 3 rings (SSSR count). The number of thiazole rings is 1. The minimum atomic E-state index is -1.45. The van der Waals surface area contributed by atoms with Gasteiger partial charge < -0.3 is 25.7 Å². The minimum Gasteiger partial charge on any atom is -0.463 e. The van der Waals surface area contributed by atoms with Crippen LogP contribution in [0, 0.1) is 6.92 Å². The molecule has 0 amide bonds. The van der Waals surface area contributed by atoms with Crippen LogP contribution in [-0.4, -0.2) is 29.0 Å². The van der Waals surface area contributed by atoms with Gasteiger partial charge in [-0.25, -0.2) is 4.98 Å². The number of aryl methyl sites for hydroxylation is 1. The standard InChI is InChI=1S/C18H17Cl2N3OS.C7H14O2.C2H6.CH2O/c1-10-6-8-11(9-7-10)22-17-23-16(21)15(25-17)18(2,24)14-12(19)4-3-5-13(14)20;1-4-5-7(8)9-6(2)3;2*1-2/h3-9,24H,21H2,1-2H3,(H,22,23);6H,4-5H2,1-3H3;1-2H3;1H2. The molecule has 0 aliphatic heterocycles. The van der Waals surface area contributed by atoms with Crippen LogP contribution < -0.4 is 11.1 Å². The summed E-state index contributed by atoms with van der Waals surface area (Å²) in [5.41, 5.74) is 7.07. The first-order chi connectivity index (χ1) is 17.9. The van der Waals surface area contributed by atoms with Crippen molar-refractivity contribution in [3.63, 3.8) is 0 Å². The number of aliphatic hydroxyl groups is 1. The maximum absolute atomic E-state index is 11.1. The number of aromatic nitrogens is 1. The average molecular weight is 585 g/mol. The lowest BCUT2D eigenvalue weighted by atomic mass is 9.94. The first-order valence-electron chi connectivity index (χ1n) is 12.2. The second-order valence-electron chi connectivity index (χ2n) is 8.18. The summed E-state index contributed by atoms with van der Waals surface area (Å²) < 4.78 is 4.85. The number of hydrogen-bond acceptors (Lipinski definition) is 8. The Hall–Kier alpha value is -2.65. The molecule has 38 heavy (non-hydrogen) atoms. The zero-order chi connectivity index (χ0) is 29.5. The van der Waals surface area contributed by atoms with E-state index in [0.717, 1.165) is 12.1 Å².